The van der Waals surface area contributed by atoms with Crippen LogP contribution in [0.1, 0.15) is 0 Å². The number of hydrogen-bond acceptors (Lipinski definition) is 6. The van der Waals surface area contributed by atoms with Gasteiger partial charge in [-0.05, 0) is 46.2 Å². The number of benzene rings is 7. The molecule has 7 heteroatoms. The number of nitrogens with zero attached hydrogens (tertiary/aromatic N) is 7. The fourth-order valence-corrected chi connectivity index (χ4v) is 6.99. The van der Waals surface area contributed by atoms with E-state index in [0.717, 1.165) is 77.9 Å². The molecule has 0 N–H and O–H groups in total. The van der Waals surface area contributed by atoms with Crippen molar-refractivity contribution in [3.63, 3.8) is 0 Å². The molecule has 0 radical (unpaired) electrons. The third kappa shape index (κ3) is 5.48. The van der Waals surface area contributed by atoms with Gasteiger partial charge >= 0.3 is 0 Å². The first-order valence-electron chi connectivity index (χ1n) is 17.5. The van der Waals surface area contributed by atoms with Crippen molar-refractivity contribution in [1.29, 1.82) is 0 Å². The van der Waals surface area contributed by atoms with Crippen molar-refractivity contribution in [1.82, 2.24) is 34.5 Å². The van der Waals surface area contributed by atoms with E-state index in [-0.39, 0.29) is 0 Å². The zero-order valence-electron chi connectivity index (χ0n) is 28.4. The standard InChI is InChI=1S/C46H29N7/c1-3-15-31(16-4-1)41-48-42(32-17-5-2-6-18-32)50-43(49-41)35-22-11-20-33(28-35)34-21-12-23-36(29-34)44-47-40-27-10-9-25-39(40)46-52-51-45(53(44)46)38-26-13-19-30-14-7-8-24-37(30)38/h1-29H. The molecule has 0 bridgehead atoms. The first kappa shape index (κ1) is 30.4. The van der Waals surface area contributed by atoms with E-state index in [2.05, 4.69) is 95.4 Å². The lowest BCUT2D eigenvalue weighted by molar-refractivity contribution is 1.07. The Morgan fingerprint density at radius 3 is 1.57 bits per heavy atom. The van der Waals surface area contributed by atoms with Gasteiger partial charge < -0.3 is 0 Å². The Hall–Kier alpha value is -7.38. The predicted molar refractivity (Wildman–Crippen MR) is 212 cm³/mol. The summed E-state index contributed by atoms with van der Waals surface area (Å²) in [5, 5.41) is 12.7. The molecule has 3 heterocycles. The van der Waals surface area contributed by atoms with Gasteiger partial charge in [-0.25, -0.2) is 19.9 Å². The predicted octanol–water partition coefficient (Wildman–Crippen LogP) is 10.6. The van der Waals surface area contributed by atoms with Crippen molar-refractivity contribution in [3.05, 3.63) is 176 Å². The highest BCUT2D eigenvalue weighted by atomic mass is 15.3. The lowest BCUT2D eigenvalue weighted by Gasteiger charge is -2.13. The Bertz CT molecular complexity index is 2890. The molecule has 0 saturated heterocycles. The fraction of sp³-hybridized carbons (Fsp3) is 0. The molecule has 10 rings (SSSR count). The van der Waals surface area contributed by atoms with Gasteiger partial charge in [0, 0.05) is 33.2 Å². The van der Waals surface area contributed by atoms with Crippen molar-refractivity contribution in [2.45, 2.75) is 0 Å². The summed E-state index contributed by atoms with van der Waals surface area (Å²) < 4.78 is 2.10. The summed E-state index contributed by atoms with van der Waals surface area (Å²) in [5.74, 6) is 3.38. The van der Waals surface area contributed by atoms with Gasteiger partial charge in [0.2, 0.25) is 0 Å². The average Bonchev–Trinajstić information content (AvgIpc) is 3.69. The van der Waals surface area contributed by atoms with Crippen LogP contribution >= 0.6 is 0 Å². The maximum Gasteiger partial charge on any atom is 0.172 e. The second kappa shape index (κ2) is 12.7. The zero-order valence-corrected chi connectivity index (χ0v) is 28.4. The minimum atomic E-state index is 0.609. The summed E-state index contributed by atoms with van der Waals surface area (Å²) in [6.07, 6.45) is 0. The van der Waals surface area contributed by atoms with Crippen molar-refractivity contribution < 1.29 is 0 Å². The molecule has 0 unspecified atom stereocenters. The van der Waals surface area contributed by atoms with Crippen LogP contribution in [0.3, 0.4) is 0 Å². The molecule has 53 heavy (non-hydrogen) atoms. The van der Waals surface area contributed by atoms with Crippen molar-refractivity contribution in [2.75, 3.05) is 0 Å². The van der Waals surface area contributed by atoms with E-state index < -0.39 is 0 Å². The highest BCUT2D eigenvalue weighted by Gasteiger charge is 2.20. The van der Waals surface area contributed by atoms with Gasteiger partial charge in [-0.15, -0.1) is 10.2 Å². The lowest BCUT2D eigenvalue weighted by atomic mass is 10.00. The second-order valence-corrected chi connectivity index (χ2v) is 12.9. The average molecular weight is 680 g/mol. The van der Waals surface area contributed by atoms with E-state index in [1.165, 1.54) is 0 Å². The largest absolute Gasteiger partial charge is 0.258 e. The molecule has 0 aliphatic heterocycles. The molecule has 248 valence electrons. The van der Waals surface area contributed by atoms with E-state index in [4.69, 9.17) is 30.1 Å². The normalized spacial score (nSPS) is 11.4. The molecule has 3 aromatic heterocycles. The Morgan fingerprint density at radius 1 is 0.340 bits per heavy atom. The van der Waals surface area contributed by atoms with Gasteiger partial charge in [0.15, 0.2) is 28.9 Å². The summed E-state index contributed by atoms with van der Waals surface area (Å²) >= 11 is 0. The smallest absolute Gasteiger partial charge is 0.172 e. The van der Waals surface area contributed by atoms with Crippen LogP contribution < -0.4 is 0 Å². The first-order valence-corrected chi connectivity index (χ1v) is 17.5. The number of aromatic nitrogens is 7. The van der Waals surface area contributed by atoms with Gasteiger partial charge in [0.25, 0.3) is 0 Å². The van der Waals surface area contributed by atoms with E-state index in [1.807, 2.05) is 84.9 Å². The van der Waals surface area contributed by atoms with Crippen LogP contribution in [0.15, 0.2) is 176 Å². The minimum Gasteiger partial charge on any atom is -0.258 e. The quantitative estimate of drug-likeness (QED) is 0.174. The van der Waals surface area contributed by atoms with E-state index in [1.54, 1.807) is 0 Å². The Morgan fingerprint density at radius 2 is 0.849 bits per heavy atom. The molecule has 0 saturated carbocycles. The topological polar surface area (TPSA) is 81.8 Å². The maximum atomic E-state index is 5.25. The molecule has 0 fully saturated rings. The molecule has 0 amide bonds. The molecule has 7 aromatic carbocycles. The third-order valence-corrected chi connectivity index (χ3v) is 9.55. The van der Waals surface area contributed by atoms with Crippen LogP contribution in [0.4, 0.5) is 0 Å². The van der Waals surface area contributed by atoms with Crippen LogP contribution in [0.25, 0.3) is 95.4 Å². The van der Waals surface area contributed by atoms with Crippen LogP contribution in [0.2, 0.25) is 0 Å². The minimum absolute atomic E-state index is 0.609. The molecular formula is C46H29N7. The molecule has 0 spiro atoms. The maximum absolute atomic E-state index is 5.25. The monoisotopic (exact) mass is 679 g/mol. The Kier molecular flexibility index (Phi) is 7.32. The number of hydrogen-bond donors (Lipinski definition) is 0. The summed E-state index contributed by atoms with van der Waals surface area (Å²) in [6, 6.07) is 59.7. The highest BCUT2D eigenvalue weighted by Crippen LogP contribution is 2.35. The second-order valence-electron chi connectivity index (χ2n) is 12.9. The van der Waals surface area contributed by atoms with Crippen LogP contribution in [-0.2, 0) is 0 Å². The summed E-state index contributed by atoms with van der Waals surface area (Å²) in [6.45, 7) is 0. The number of fused-ring (bicyclic) bond motifs is 4. The van der Waals surface area contributed by atoms with Gasteiger partial charge in [-0.2, -0.15) is 0 Å². The van der Waals surface area contributed by atoms with Gasteiger partial charge in [-0.1, -0.05) is 152 Å². The van der Waals surface area contributed by atoms with E-state index in [0.29, 0.717) is 17.5 Å². The summed E-state index contributed by atoms with van der Waals surface area (Å²) in [7, 11) is 0. The van der Waals surface area contributed by atoms with Gasteiger partial charge in [-0.3, -0.25) is 4.40 Å². The first-order chi connectivity index (χ1) is 26.3. The number of para-hydroxylation sites is 1. The third-order valence-electron chi connectivity index (χ3n) is 9.55. The summed E-state index contributed by atoms with van der Waals surface area (Å²) in [5.41, 5.74) is 8.40. The molecule has 0 atom stereocenters. The zero-order chi connectivity index (χ0) is 35.1. The highest BCUT2D eigenvalue weighted by molar-refractivity contribution is 5.98. The summed E-state index contributed by atoms with van der Waals surface area (Å²) in [4.78, 5) is 20.1. The van der Waals surface area contributed by atoms with E-state index in [9.17, 15) is 0 Å². The van der Waals surface area contributed by atoms with Crippen molar-refractivity contribution in [3.8, 4) is 68.1 Å². The molecule has 7 nitrogen and oxygen atoms in total. The Labute approximate surface area is 305 Å². The SMILES string of the molecule is c1ccc(-c2nc(-c3ccccc3)nc(-c3cccc(-c4cccc(-c5nc6ccccc6c6nnc(-c7cccc8ccccc78)n56)c4)c3)n2)cc1. The van der Waals surface area contributed by atoms with Crippen LogP contribution in [0.5, 0.6) is 0 Å². The fourth-order valence-electron chi connectivity index (χ4n) is 6.99. The van der Waals surface area contributed by atoms with Gasteiger partial charge in [0.05, 0.1) is 5.52 Å². The molecule has 0 aliphatic carbocycles. The van der Waals surface area contributed by atoms with Crippen LogP contribution in [-0.4, -0.2) is 34.5 Å². The molecular weight excluding hydrogens is 651 g/mol. The lowest BCUT2D eigenvalue weighted by Crippen LogP contribution is -2.01. The Balaban J connectivity index is 1.12. The van der Waals surface area contributed by atoms with Crippen molar-refractivity contribution in [2.24, 2.45) is 0 Å². The van der Waals surface area contributed by atoms with Crippen molar-refractivity contribution >= 4 is 27.3 Å². The van der Waals surface area contributed by atoms with E-state index >= 15 is 0 Å². The molecule has 10 aromatic rings. The number of rotatable bonds is 6. The van der Waals surface area contributed by atoms with Crippen LogP contribution in [0, 0.1) is 0 Å². The van der Waals surface area contributed by atoms with Gasteiger partial charge in [0.1, 0.15) is 5.82 Å². The molecule has 0 aliphatic rings.